The molecule has 8 nitrogen and oxygen atoms in total. The summed E-state index contributed by atoms with van der Waals surface area (Å²) in [5, 5.41) is 46.2. The van der Waals surface area contributed by atoms with E-state index in [1.165, 1.54) is 4.57 Å². The molecule has 7 rings (SSSR count). The fourth-order valence-electron chi connectivity index (χ4n) is 6.64. The number of aromatic hydroxyl groups is 2. The lowest BCUT2D eigenvalue weighted by atomic mass is 9.76. The van der Waals surface area contributed by atoms with E-state index < -0.39 is 17.3 Å². The van der Waals surface area contributed by atoms with Crippen molar-refractivity contribution in [3.8, 4) is 29.3 Å². The molecule has 0 amide bonds. The second kappa shape index (κ2) is 8.03. The molecule has 0 unspecified atom stereocenters. The van der Waals surface area contributed by atoms with Crippen molar-refractivity contribution in [1.29, 1.82) is 5.26 Å². The lowest BCUT2D eigenvalue weighted by Gasteiger charge is -2.26. The molecule has 0 spiro atoms. The van der Waals surface area contributed by atoms with Gasteiger partial charge in [-0.3, -0.25) is 4.57 Å². The molecule has 2 aromatic heterocycles. The standard InChI is InChI=1S/C31H27N3O5/c1-17-14-21-22(33-17)8-5-9-24(21)38-13-12-31-15-25(35)30(2,39-31)26-27(31)29(37)34(28(26)36)23-11-10-18(16-32)19-6-3-4-7-20(19)23/h3-11,14,25,33,35-37H,12-13,15H2,1-2H3/t25-,30-,31+/m0/s1. The van der Waals surface area contributed by atoms with Crippen LogP contribution in [0.3, 0.4) is 0 Å². The van der Waals surface area contributed by atoms with Gasteiger partial charge in [0.25, 0.3) is 0 Å². The van der Waals surface area contributed by atoms with Crippen LogP contribution in [0.25, 0.3) is 27.4 Å². The van der Waals surface area contributed by atoms with Crippen molar-refractivity contribution in [2.45, 2.75) is 44.0 Å². The third kappa shape index (κ3) is 3.11. The summed E-state index contributed by atoms with van der Waals surface area (Å²) in [6.07, 6.45) is -0.254. The second-order valence-corrected chi connectivity index (χ2v) is 10.7. The van der Waals surface area contributed by atoms with Gasteiger partial charge in [-0.2, -0.15) is 5.26 Å². The van der Waals surface area contributed by atoms with Crippen LogP contribution in [-0.4, -0.2) is 37.6 Å². The Morgan fingerprint density at radius 3 is 2.62 bits per heavy atom. The van der Waals surface area contributed by atoms with E-state index in [1.807, 2.05) is 55.5 Å². The molecule has 3 aromatic carbocycles. The van der Waals surface area contributed by atoms with Crippen LogP contribution in [0.1, 0.15) is 42.1 Å². The number of hydrogen-bond acceptors (Lipinski definition) is 6. The van der Waals surface area contributed by atoms with Gasteiger partial charge in [0.1, 0.15) is 17.0 Å². The van der Waals surface area contributed by atoms with Gasteiger partial charge in [-0.05, 0) is 44.2 Å². The van der Waals surface area contributed by atoms with Crippen LogP contribution in [0.2, 0.25) is 0 Å². The number of benzene rings is 3. The van der Waals surface area contributed by atoms with Gasteiger partial charge >= 0.3 is 0 Å². The van der Waals surface area contributed by atoms with Crippen LogP contribution in [0, 0.1) is 18.3 Å². The van der Waals surface area contributed by atoms with E-state index in [0.717, 1.165) is 22.3 Å². The zero-order valence-corrected chi connectivity index (χ0v) is 21.5. The Morgan fingerprint density at radius 2 is 1.82 bits per heavy atom. The number of hydrogen-bond donors (Lipinski definition) is 4. The topological polar surface area (TPSA) is 124 Å². The summed E-state index contributed by atoms with van der Waals surface area (Å²) < 4.78 is 14.1. The molecule has 1 saturated heterocycles. The number of H-pyrrole nitrogens is 1. The molecular weight excluding hydrogens is 494 g/mol. The first-order chi connectivity index (χ1) is 18.8. The minimum atomic E-state index is -1.19. The van der Waals surface area contributed by atoms with E-state index in [2.05, 4.69) is 11.1 Å². The van der Waals surface area contributed by atoms with E-state index in [0.29, 0.717) is 39.6 Å². The first kappa shape index (κ1) is 23.7. The van der Waals surface area contributed by atoms with Crippen LogP contribution in [0.5, 0.6) is 17.5 Å². The minimum Gasteiger partial charge on any atom is -0.494 e. The van der Waals surface area contributed by atoms with E-state index in [-0.39, 0.29) is 24.8 Å². The van der Waals surface area contributed by atoms with Gasteiger partial charge in [0.05, 0.1) is 41.2 Å². The predicted molar refractivity (Wildman–Crippen MR) is 145 cm³/mol. The number of aliphatic hydroxyl groups excluding tert-OH is 1. The number of aliphatic hydroxyl groups is 1. The molecule has 1 fully saturated rings. The Hall–Kier alpha value is -4.45. The lowest BCUT2D eigenvalue weighted by Crippen LogP contribution is -2.33. The van der Waals surface area contributed by atoms with Crippen molar-refractivity contribution in [2.75, 3.05) is 6.61 Å². The Kier molecular flexibility index (Phi) is 4.87. The van der Waals surface area contributed by atoms with E-state index in [1.54, 1.807) is 19.1 Å². The van der Waals surface area contributed by atoms with Gasteiger partial charge < -0.3 is 29.8 Å². The molecule has 3 atom stereocenters. The normalized spacial score (nSPS) is 23.4. The number of aromatic nitrogens is 2. The zero-order valence-electron chi connectivity index (χ0n) is 21.5. The van der Waals surface area contributed by atoms with Crippen LogP contribution in [0.4, 0.5) is 0 Å². The van der Waals surface area contributed by atoms with Crippen molar-refractivity contribution >= 4 is 21.7 Å². The SMILES string of the molecule is Cc1cc2c(OCC[C@]34C[C@H](O)[C@](C)(O3)c3c4c(O)n(-c4ccc(C#N)c5ccccc45)c3O)cccc2[nH]1. The van der Waals surface area contributed by atoms with Gasteiger partial charge in [-0.15, -0.1) is 0 Å². The van der Waals surface area contributed by atoms with Crippen LogP contribution < -0.4 is 4.74 Å². The van der Waals surface area contributed by atoms with E-state index >= 15 is 0 Å². The maximum atomic E-state index is 11.6. The highest BCUT2D eigenvalue weighted by Gasteiger charge is 2.66. The quantitative estimate of drug-likeness (QED) is 0.246. The highest BCUT2D eigenvalue weighted by Crippen LogP contribution is 2.65. The number of aryl methyl sites for hydroxylation is 1. The van der Waals surface area contributed by atoms with Crippen molar-refractivity contribution < 1.29 is 24.8 Å². The van der Waals surface area contributed by atoms with Gasteiger partial charge in [0.15, 0.2) is 0 Å². The van der Waals surface area contributed by atoms with Crippen molar-refractivity contribution in [2.24, 2.45) is 0 Å². The molecule has 0 aliphatic carbocycles. The zero-order chi connectivity index (χ0) is 27.1. The fraction of sp³-hybridized carbons (Fsp3) is 0.258. The van der Waals surface area contributed by atoms with Crippen LogP contribution >= 0.6 is 0 Å². The number of rotatable bonds is 5. The van der Waals surface area contributed by atoms with E-state index in [4.69, 9.17) is 9.47 Å². The summed E-state index contributed by atoms with van der Waals surface area (Å²) in [4.78, 5) is 3.31. The first-order valence-corrected chi connectivity index (χ1v) is 13.0. The number of fused-ring (bicyclic) bond motifs is 7. The maximum absolute atomic E-state index is 11.6. The largest absolute Gasteiger partial charge is 0.494 e. The molecule has 2 aliphatic heterocycles. The molecule has 4 N–H and O–H groups in total. The molecular formula is C31H27N3O5. The highest BCUT2D eigenvalue weighted by molar-refractivity contribution is 5.95. The van der Waals surface area contributed by atoms with Crippen molar-refractivity contribution in [3.05, 3.63) is 83.0 Å². The van der Waals surface area contributed by atoms with Gasteiger partial charge in [0, 0.05) is 40.2 Å². The molecule has 5 aromatic rings. The molecule has 196 valence electrons. The Morgan fingerprint density at radius 1 is 1.05 bits per heavy atom. The Labute approximate surface area is 224 Å². The number of ether oxygens (including phenoxy) is 2. The highest BCUT2D eigenvalue weighted by atomic mass is 16.6. The third-order valence-corrected chi connectivity index (χ3v) is 8.42. The number of nitrogens with zero attached hydrogens (tertiary/aromatic N) is 2. The molecule has 2 bridgehead atoms. The van der Waals surface area contributed by atoms with Crippen molar-refractivity contribution in [1.82, 2.24) is 9.55 Å². The number of nitriles is 1. The molecule has 4 heterocycles. The smallest absolute Gasteiger partial charge is 0.205 e. The monoisotopic (exact) mass is 521 g/mol. The molecule has 2 aliphatic rings. The lowest BCUT2D eigenvalue weighted by molar-refractivity contribution is -0.107. The van der Waals surface area contributed by atoms with Gasteiger partial charge in [-0.1, -0.05) is 30.3 Å². The average Bonchev–Trinajstić information content (AvgIpc) is 3.59. The molecule has 0 radical (unpaired) electrons. The van der Waals surface area contributed by atoms with Crippen molar-refractivity contribution in [3.63, 3.8) is 0 Å². The summed E-state index contributed by atoms with van der Waals surface area (Å²) in [5.41, 5.74) is 1.68. The first-order valence-electron chi connectivity index (χ1n) is 13.0. The van der Waals surface area contributed by atoms with Gasteiger partial charge in [0.2, 0.25) is 11.8 Å². The van der Waals surface area contributed by atoms with Gasteiger partial charge in [-0.25, -0.2) is 0 Å². The average molecular weight is 522 g/mol. The summed E-state index contributed by atoms with van der Waals surface area (Å²) in [5.74, 6) is 0.409. The Bertz CT molecular complexity index is 1850. The minimum absolute atomic E-state index is 0.142. The maximum Gasteiger partial charge on any atom is 0.205 e. The summed E-state index contributed by atoms with van der Waals surface area (Å²) in [6.45, 7) is 4.01. The van der Waals surface area contributed by atoms with Crippen LogP contribution in [-0.2, 0) is 15.9 Å². The Balaban J connectivity index is 1.31. The molecule has 39 heavy (non-hydrogen) atoms. The summed E-state index contributed by atoms with van der Waals surface area (Å²) in [7, 11) is 0. The molecule has 0 saturated carbocycles. The number of nitrogens with one attached hydrogen (secondary N) is 1. The molecule has 8 heteroatoms. The summed E-state index contributed by atoms with van der Waals surface area (Å²) in [6, 6.07) is 20.9. The second-order valence-electron chi connectivity index (χ2n) is 10.7. The fourth-order valence-corrected chi connectivity index (χ4v) is 6.64. The predicted octanol–water partition coefficient (Wildman–Crippen LogP) is 5.38. The van der Waals surface area contributed by atoms with E-state index in [9.17, 15) is 20.6 Å². The third-order valence-electron chi connectivity index (χ3n) is 8.42. The van der Waals surface area contributed by atoms with Crippen LogP contribution in [0.15, 0.2) is 60.7 Å². The number of aromatic amines is 1. The summed E-state index contributed by atoms with van der Waals surface area (Å²) >= 11 is 0.